The van der Waals surface area contributed by atoms with Crippen LogP contribution in [0.4, 0.5) is 0 Å². The van der Waals surface area contributed by atoms with E-state index >= 15 is 0 Å². The van der Waals surface area contributed by atoms with Crippen molar-refractivity contribution in [2.24, 2.45) is 0 Å². The van der Waals surface area contributed by atoms with Gasteiger partial charge in [-0.1, -0.05) is 11.6 Å². The second-order valence-corrected chi connectivity index (χ2v) is 3.38. The number of ether oxygens (including phenoxy) is 2. The molecule has 0 aliphatic carbocycles. The lowest BCUT2D eigenvalue weighted by Crippen LogP contribution is -2.10. The Morgan fingerprint density at radius 1 is 1.47 bits per heavy atom. The molecule has 15 heavy (non-hydrogen) atoms. The van der Waals surface area contributed by atoms with Gasteiger partial charge in [-0.3, -0.25) is 0 Å². The minimum atomic E-state index is -1.61. The number of carboxylic acid groups (broad SMARTS) is 1. The molecule has 1 atom stereocenters. The molecule has 0 amide bonds. The molecule has 5 nitrogen and oxygen atoms in total. The molecule has 0 bridgehead atoms. The fourth-order valence-corrected chi connectivity index (χ4v) is 1.56. The van der Waals surface area contributed by atoms with Gasteiger partial charge in [0.05, 0.1) is 5.02 Å². The minimum Gasteiger partial charge on any atom is -0.479 e. The van der Waals surface area contributed by atoms with Crippen LogP contribution in [-0.2, 0) is 4.79 Å². The number of hydrogen-bond donors (Lipinski definition) is 2. The Morgan fingerprint density at radius 2 is 2.20 bits per heavy atom. The molecule has 1 heterocycles. The number of aliphatic hydroxyl groups excluding tert-OH is 1. The molecule has 0 saturated heterocycles. The maximum absolute atomic E-state index is 10.5. The standard InChI is InChI=1S/C9H7ClO5/c10-5-1-4(7(11)9(12)13)2-6-8(5)15-3-14-6/h1-2,7,11H,3H2,(H,12,13). The van der Waals surface area contributed by atoms with Crippen LogP contribution in [0.1, 0.15) is 11.7 Å². The van der Waals surface area contributed by atoms with E-state index in [0.717, 1.165) is 0 Å². The summed E-state index contributed by atoms with van der Waals surface area (Å²) in [5.74, 6) is -0.624. The Hall–Kier alpha value is -1.46. The van der Waals surface area contributed by atoms with Gasteiger partial charge in [0, 0.05) is 0 Å². The molecule has 1 aromatic rings. The summed E-state index contributed by atoms with van der Waals surface area (Å²) in [7, 11) is 0. The highest BCUT2D eigenvalue weighted by Gasteiger charge is 2.23. The molecule has 0 saturated carbocycles. The number of fused-ring (bicyclic) bond motifs is 1. The molecule has 0 aromatic heterocycles. The first-order valence-corrected chi connectivity index (χ1v) is 4.47. The zero-order chi connectivity index (χ0) is 11.0. The van der Waals surface area contributed by atoms with E-state index in [1.807, 2.05) is 0 Å². The average Bonchev–Trinajstić information content (AvgIpc) is 2.64. The molecular weight excluding hydrogens is 224 g/mol. The van der Waals surface area contributed by atoms with Crippen LogP contribution < -0.4 is 9.47 Å². The maximum Gasteiger partial charge on any atom is 0.337 e. The van der Waals surface area contributed by atoms with Crippen LogP contribution in [0.25, 0.3) is 0 Å². The molecule has 1 aliphatic heterocycles. The van der Waals surface area contributed by atoms with E-state index in [9.17, 15) is 9.90 Å². The normalized spacial score (nSPS) is 15.1. The number of halogens is 1. The highest BCUT2D eigenvalue weighted by molar-refractivity contribution is 6.32. The van der Waals surface area contributed by atoms with Crippen molar-refractivity contribution in [2.45, 2.75) is 6.10 Å². The van der Waals surface area contributed by atoms with Gasteiger partial charge in [-0.05, 0) is 17.7 Å². The molecule has 2 rings (SSSR count). The number of carboxylic acids is 1. The highest BCUT2D eigenvalue weighted by atomic mass is 35.5. The lowest BCUT2D eigenvalue weighted by Gasteiger charge is -2.07. The third-order valence-electron chi connectivity index (χ3n) is 2.00. The van der Waals surface area contributed by atoms with E-state index < -0.39 is 12.1 Å². The summed E-state index contributed by atoms with van der Waals surface area (Å²) in [5.41, 5.74) is 0.164. The first kappa shape index (κ1) is 10.1. The molecule has 1 unspecified atom stereocenters. The number of hydrogen-bond acceptors (Lipinski definition) is 4. The smallest absolute Gasteiger partial charge is 0.337 e. The van der Waals surface area contributed by atoms with E-state index in [0.29, 0.717) is 11.5 Å². The number of benzene rings is 1. The van der Waals surface area contributed by atoms with Crippen molar-refractivity contribution in [1.82, 2.24) is 0 Å². The van der Waals surface area contributed by atoms with Crippen LogP contribution in [0.15, 0.2) is 12.1 Å². The number of aliphatic hydroxyl groups is 1. The average molecular weight is 231 g/mol. The highest BCUT2D eigenvalue weighted by Crippen LogP contribution is 2.40. The number of aliphatic carboxylic acids is 1. The molecule has 0 radical (unpaired) electrons. The summed E-state index contributed by atoms with van der Waals surface area (Å²) in [4.78, 5) is 10.5. The van der Waals surface area contributed by atoms with Gasteiger partial charge in [0.25, 0.3) is 0 Å². The zero-order valence-electron chi connectivity index (χ0n) is 7.44. The van der Waals surface area contributed by atoms with Gasteiger partial charge in [0.15, 0.2) is 17.6 Å². The van der Waals surface area contributed by atoms with Crippen LogP contribution >= 0.6 is 11.6 Å². The SMILES string of the molecule is O=C(O)C(O)c1cc(Cl)c2c(c1)OCO2. The Bertz CT molecular complexity index is 417. The van der Waals surface area contributed by atoms with Crippen molar-refractivity contribution in [3.05, 3.63) is 22.7 Å². The monoisotopic (exact) mass is 230 g/mol. The van der Waals surface area contributed by atoms with E-state index in [1.54, 1.807) is 0 Å². The van der Waals surface area contributed by atoms with Crippen LogP contribution in [0.2, 0.25) is 5.02 Å². The zero-order valence-corrected chi connectivity index (χ0v) is 8.19. The Kier molecular flexibility index (Phi) is 2.42. The predicted molar refractivity (Wildman–Crippen MR) is 50.2 cm³/mol. The van der Waals surface area contributed by atoms with Gasteiger partial charge < -0.3 is 19.7 Å². The second-order valence-electron chi connectivity index (χ2n) is 2.98. The van der Waals surface area contributed by atoms with Crippen molar-refractivity contribution in [1.29, 1.82) is 0 Å². The molecular formula is C9H7ClO5. The van der Waals surface area contributed by atoms with Crippen molar-refractivity contribution < 1.29 is 24.5 Å². The molecule has 2 N–H and O–H groups in total. The summed E-state index contributed by atoms with van der Waals surface area (Å²) >= 11 is 5.81. The van der Waals surface area contributed by atoms with Crippen molar-refractivity contribution in [2.75, 3.05) is 6.79 Å². The third-order valence-corrected chi connectivity index (χ3v) is 2.28. The number of carbonyl (C=O) groups is 1. The third kappa shape index (κ3) is 1.71. The van der Waals surface area contributed by atoms with Gasteiger partial charge in [-0.25, -0.2) is 4.79 Å². The van der Waals surface area contributed by atoms with Gasteiger partial charge in [0.2, 0.25) is 6.79 Å². The molecule has 0 spiro atoms. The van der Waals surface area contributed by atoms with E-state index in [-0.39, 0.29) is 17.4 Å². The summed E-state index contributed by atoms with van der Waals surface area (Å²) in [5, 5.41) is 18.1. The summed E-state index contributed by atoms with van der Waals surface area (Å²) < 4.78 is 10.1. The predicted octanol–water partition coefficient (Wildman–Crippen LogP) is 1.19. The first-order valence-electron chi connectivity index (χ1n) is 4.09. The lowest BCUT2D eigenvalue weighted by atomic mass is 10.1. The summed E-state index contributed by atoms with van der Waals surface area (Å²) in [6.45, 7) is 0.0433. The molecule has 1 aromatic carbocycles. The van der Waals surface area contributed by atoms with E-state index in [2.05, 4.69) is 0 Å². The van der Waals surface area contributed by atoms with Crippen LogP contribution in [0, 0.1) is 0 Å². The minimum absolute atomic E-state index is 0.0433. The van der Waals surface area contributed by atoms with Gasteiger partial charge in [0.1, 0.15) is 0 Å². The Labute approximate surface area is 89.8 Å². The fraction of sp³-hybridized carbons (Fsp3) is 0.222. The van der Waals surface area contributed by atoms with E-state index in [1.165, 1.54) is 12.1 Å². The van der Waals surface area contributed by atoms with Crippen molar-refractivity contribution in [3.63, 3.8) is 0 Å². The quantitative estimate of drug-likeness (QED) is 0.798. The Morgan fingerprint density at radius 3 is 2.87 bits per heavy atom. The first-order chi connectivity index (χ1) is 7.09. The molecule has 6 heteroatoms. The van der Waals surface area contributed by atoms with Crippen LogP contribution in [-0.4, -0.2) is 23.0 Å². The topological polar surface area (TPSA) is 76.0 Å². The Balaban J connectivity index is 2.43. The molecule has 80 valence electrons. The maximum atomic E-state index is 10.5. The second kappa shape index (κ2) is 3.60. The van der Waals surface area contributed by atoms with Gasteiger partial charge >= 0.3 is 5.97 Å². The van der Waals surface area contributed by atoms with E-state index in [4.69, 9.17) is 26.2 Å². The largest absolute Gasteiger partial charge is 0.479 e. The number of rotatable bonds is 2. The lowest BCUT2D eigenvalue weighted by molar-refractivity contribution is -0.146. The van der Waals surface area contributed by atoms with Crippen molar-refractivity contribution >= 4 is 17.6 Å². The summed E-state index contributed by atoms with van der Waals surface area (Å²) in [6, 6.07) is 2.74. The summed E-state index contributed by atoms with van der Waals surface area (Å²) in [6.07, 6.45) is -1.61. The fourth-order valence-electron chi connectivity index (χ4n) is 1.29. The molecule has 0 fully saturated rings. The van der Waals surface area contributed by atoms with Crippen LogP contribution in [0.5, 0.6) is 11.5 Å². The molecule has 1 aliphatic rings. The van der Waals surface area contributed by atoms with Gasteiger partial charge in [-0.15, -0.1) is 0 Å². The van der Waals surface area contributed by atoms with Gasteiger partial charge in [-0.2, -0.15) is 0 Å². The van der Waals surface area contributed by atoms with Crippen molar-refractivity contribution in [3.8, 4) is 11.5 Å². The van der Waals surface area contributed by atoms with Crippen LogP contribution in [0.3, 0.4) is 0 Å².